The first-order chi connectivity index (χ1) is 62.1. The van der Waals surface area contributed by atoms with Crippen molar-refractivity contribution < 1.29 is 65.7 Å². The Morgan fingerprint density at radius 3 is 0.892 bits per heavy atom. The van der Waals surface area contributed by atoms with Gasteiger partial charge in [-0.05, 0) is 273 Å². The number of rotatable bonds is 11. The van der Waals surface area contributed by atoms with Crippen molar-refractivity contribution in [2.45, 2.75) is 77.8 Å². The quantitative estimate of drug-likeness (QED) is 0.0456. The molecule has 2 fully saturated rings. The van der Waals surface area contributed by atoms with Crippen LogP contribution in [0.25, 0.3) is 112 Å². The maximum Gasteiger partial charge on any atom is 0.488 e. The van der Waals surface area contributed by atoms with Crippen molar-refractivity contribution in [3.05, 3.63) is 345 Å². The van der Waals surface area contributed by atoms with E-state index >= 15 is 0 Å². The first-order valence-electron chi connectivity index (χ1n) is 40.1. The molecule has 0 spiro atoms. The minimum atomic E-state index is -1.15. The number of carbonyl (C=O) groups excluding carboxylic acids is 2. The molecule has 654 valence electrons. The number of hydrogen-bond donors (Lipinski definition) is 5. The van der Waals surface area contributed by atoms with Crippen LogP contribution in [-0.2, 0) is 18.6 Å². The van der Waals surface area contributed by atoms with Crippen LogP contribution < -0.4 is 16.4 Å². The lowest BCUT2D eigenvalue weighted by Crippen LogP contribution is -2.41. The van der Waals surface area contributed by atoms with E-state index in [9.17, 15) is 19.2 Å². The molecule has 8 heterocycles. The number of benzene rings is 12. The lowest BCUT2D eigenvalue weighted by Gasteiger charge is -2.32. The van der Waals surface area contributed by atoms with Gasteiger partial charge in [0.25, 0.3) is 11.8 Å². The van der Waals surface area contributed by atoms with Crippen LogP contribution in [0.4, 0.5) is 17.1 Å². The second-order valence-electron chi connectivity index (χ2n) is 31.3. The Bertz CT molecular complexity index is 6470. The third kappa shape index (κ3) is 23.2. The van der Waals surface area contributed by atoms with Gasteiger partial charge in [-0.3, -0.25) is 19.6 Å². The number of amides is 2. The smallest absolute Gasteiger partial charge is 0.478 e. The minimum Gasteiger partial charge on any atom is -0.478 e. The van der Waals surface area contributed by atoms with Crippen molar-refractivity contribution in [2.24, 2.45) is 0 Å². The van der Waals surface area contributed by atoms with Crippen molar-refractivity contribution in [1.29, 1.82) is 0 Å². The summed E-state index contributed by atoms with van der Waals surface area (Å²) < 4.78 is 52.8. The van der Waals surface area contributed by atoms with E-state index in [2.05, 4.69) is 176 Å². The number of para-hydroxylation sites is 11. The van der Waals surface area contributed by atoms with Crippen LogP contribution in [0.3, 0.4) is 0 Å². The van der Waals surface area contributed by atoms with Crippen LogP contribution in [0.1, 0.15) is 96.8 Å². The van der Waals surface area contributed by atoms with Crippen LogP contribution in [-0.4, -0.2) is 100 Å². The van der Waals surface area contributed by atoms with Crippen LogP contribution in [0.2, 0.25) is 0 Å². The van der Waals surface area contributed by atoms with Crippen LogP contribution >= 0.6 is 112 Å². The monoisotopic (exact) mass is 2180 g/mol. The molecule has 2 saturated heterocycles. The summed E-state index contributed by atoms with van der Waals surface area (Å²) in [6, 6.07) is 85.8. The Kier molecular flexibility index (Phi) is 29.9. The Hall–Kier alpha value is -11.7. The molecule has 18 aromatic rings. The third-order valence-electron chi connectivity index (χ3n) is 21.0. The molecule has 0 atom stereocenters. The molecule has 2 amide bonds. The molecule has 130 heavy (non-hydrogen) atoms. The molecule has 0 bridgehead atoms. The zero-order chi connectivity index (χ0) is 92.3. The number of fused-ring (bicyclic) bond motifs is 7. The first-order valence-corrected chi connectivity index (χ1v) is 45.7. The molecular weight excluding hydrogens is 2110 g/mol. The summed E-state index contributed by atoms with van der Waals surface area (Å²) in [5, 5.41) is 25.1. The average molecular weight is 2190 g/mol. The summed E-state index contributed by atoms with van der Waals surface area (Å²) in [5.41, 5.74) is 18.6. The third-order valence-corrected chi connectivity index (χ3v) is 25.0. The number of aromatic nitrogens is 6. The highest BCUT2D eigenvalue weighted by molar-refractivity contribution is 9.11. The lowest BCUT2D eigenvalue weighted by molar-refractivity contribution is 0.00578. The van der Waals surface area contributed by atoms with Crippen LogP contribution in [0, 0.1) is 0 Å². The van der Waals surface area contributed by atoms with Gasteiger partial charge in [-0.15, -0.1) is 0 Å². The lowest BCUT2D eigenvalue weighted by atomic mass is 9.49. The molecule has 23 nitrogen and oxygen atoms in total. The summed E-state index contributed by atoms with van der Waals surface area (Å²) in [6.07, 6.45) is 3.60. The van der Waals surface area contributed by atoms with Crippen molar-refractivity contribution in [1.82, 2.24) is 29.9 Å². The SMILES string of the molecule is Brc1cc(-c2nc3ccccc3o2)cc(-c2nc3ccccc3o2)c1.Brc1cc(-c2nc3ccccc3o2)cc(-c2nc3ccccc3o2)c1.CC1(C)OB(B2OC(C)(C)C(C)(C)O2)OC1(C)C.Nc1ccccc1Br.O=C(Nc1ccccc1Br)c1cc(Br)cc(C(=O)Nc2ccccc2Br)c1.O=C(O)c1cc(Br)cc(C(=O)O)c1.c1cnc2c(c1)ccc1cccnc12. The molecule has 0 aliphatic carbocycles. The Balaban J connectivity index is 0.000000126. The summed E-state index contributed by atoms with van der Waals surface area (Å²) in [7, 11) is -0.952. The van der Waals surface area contributed by atoms with Crippen molar-refractivity contribution >= 4 is 233 Å². The molecule has 0 radical (unpaired) electrons. The molecule has 20 rings (SSSR count). The number of nitrogens with one attached hydrogen (secondary N) is 2. The van der Waals surface area contributed by atoms with Gasteiger partial charge in [-0.2, -0.15) is 0 Å². The summed E-state index contributed by atoms with van der Waals surface area (Å²) >= 11 is 23.6. The van der Waals surface area contributed by atoms with Gasteiger partial charge < -0.3 is 62.9 Å². The Morgan fingerprint density at radius 2 is 0.600 bits per heavy atom. The number of hydrogen-bond acceptors (Lipinski definition) is 19. The molecule has 0 saturated carbocycles. The highest BCUT2D eigenvalue weighted by Gasteiger charge is 2.64. The number of halogens is 7. The number of nitrogens with two attached hydrogens (primary N) is 1. The second-order valence-corrected chi connectivity index (χ2v) is 37.6. The van der Waals surface area contributed by atoms with E-state index in [1.807, 2.05) is 262 Å². The number of anilines is 3. The first kappa shape index (κ1) is 94.5. The van der Waals surface area contributed by atoms with E-state index < -0.39 is 26.0 Å². The number of oxazole rings is 4. The normalized spacial score (nSPS) is 13.7. The summed E-state index contributed by atoms with van der Waals surface area (Å²) in [5.74, 6) is -0.636. The van der Waals surface area contributed by atoms with Gasteiger partial charge in [-0.1, -0.05) is 173 Å². The highest BCUT2D eigenvalue weighted by atomic mass is 79.9. The van der Waals surface area contributed by atoms with Gasteiger partial charge in [0.1, 0.15) is 22.1 Å². The second kappa shape index (κ2) is 41.2. The standard InChI is InChI=1S/C20H13Br3N2O2.2C20H11BrN2O2.C12H24B2O4.C12H8N2.C8H5BrO4.C6H6BrN/c21-14-10-12(19(26)24-17-7-3-1-5-15(17)22)9-13(11-14)20(27)25-18-8-4-2-6-16(18)23;2*21-14-10-12(19-22-15-5-1-3-7-17(15)24-19)9-13(11-14)20-23-16-6-2-4-8-18(16)25-20;1-9(2)10(3,4)16-13(15-9)14-17-11(5,6)12(7,8)18-14;1-3-9-5-6-10-4-2-8-14-12(10)11(9)13-7-1;9-6-2-4(7(10)11)1-5(3-6)8(12)13;7-5-3-1-2-4-6(5)8/h1-11H,(H,24,26)(H,25,27);2*1-11H;1-8H3;1-8H;1-3H,(H,10,11)(H,12,13);1-4H,8H2. The fourth-order valence-corrected chi connectivity index (χ4v) is 16.0. The molecule has 0 unspecified atom stereocenters. The number of carbonyl (C=O) groups is 4. The maximum atomic E-state index is 12.6. The molecule has 2 aliphatic heterocycles. The van der Waals surface area contributed by atoms with Gasteiger partial charge in [0.2, 0.25) is 23.6 Å². The van der Waals surface area contributed by atoms with E-state index in [0.29, 0.717) is 55.0 Å². The van der Waals surface area contributed by atoms with Gasteiger partial charge >= 0.3 is 26.0 Å². The van der Waals surface area contributed by atoms with E-state index in [0.717, 1.165) is 123 Å². The zero-order valence-corrected chi connectivity index (χ0v) is 81.7. The Labute approximate surface area is 805 Å². The number of nitrogens with zero attached hydrogens (tertiary/aromatic N) is 6. The average Bonchev–Trinajstić information content (AvgIpc) is 1.60. The number of aromatic carboxylic acids is 2. The summed E-state index contributed by atoms with van der Waals surface area (Å²) in [4.78, 5) is 73.2. The number of nitrogen functional groups attached to an aromatic ring is 1. The fourth-order valence-electron chi connectivity index (χ4n) is 13.0. The van der Waals surface area contributed by atoms with E-state index in [1.165, 1.54) is 12.1 Å². The van der Waals surface area contributed by atoms with Crippen LogP contribution in [0.5, 0.6) is 0 Å². The van der Waals surface area contributed by atoms with Gasteiger partial charge in [0.15, 0.2) is 22.3 Å². The number of carboxylic acids is 2. The van der Waals surface area contributed by atoms with Crippen molar-refractivity contribution in [3.8, 4) is 45.8 Å². The Morgan fingerprint density at radius 1 is 0.323 bits per heavy atom. The predicted octanol–water partition coefficient (Wildman–Crippen LogP) is 27.5. The van der Waals surface area contributed by atoms with E-state index in [1.54, 1.807) is 42.7 Å². The molecule has 6 aromatic heterocycles. The van der Waals surface area contributed by atoms with Gasteiger partial charge in [0, 0.05) is 93.5 Å². The number of pyridine rings is 2. The predicted molar refractivity (Wildman–Crippen MR) is 534 cm³/mol. The molecule has 12 aromatic carbocycles. The largest absolute Gasteiger partial charge is 0.488 e. The van der Waals surface area contributed by atoms with Gasteiger partial charge in [-0.25, -0.2) is 29.5 Å². The van der Waals surface area contributed by atoms with Crippen molar-refractivity contribution in [2.75, 3.05) is 16.4 Å². The molecule has 6 N–H and O–H groups in total. The van der Waals surface area contributed by atoms with Gasteiger partial charge in [0.05, 0.1) is 55.9 Å². The zero-order valence-electron chi connectivity index (χ0n) is 70.6. The maximum absolute atomic E-state index is 12.6. The molecular formula is C98H78B2Br7N9O14. The molecule has 32 heteroatoms. The molecule has 2 aliphatic rings. The summed E-state index contributed by atoms with van der Waals surface area (Å²) in [6.45, 7) is 16.2. The topological polar surface area (TPSA) is 326 Å². The van der Waals surface area contributed by atoms with Crippen LogP contribution in [0.15, 0.2) is 340 Å². The van der Waals surface area contributed by atoms with Crippen molar-refractivity contribution in [3.63, 3.8) is 0 Å². The number of carboxylic acid groups (broad SMARTS) is 2. The van der Waals surface area contributed by atoms with E-state index in [4.69, 9.17) is 52.2 Å². The fraction of sp³-hybridized carbons (Fsp3) is 0.122. The van der Waals surface area contributed by atoms with E-state index in [-0.39, 0.29) is 45.3 Å². The highest BCUT2D eigenvalue weighted by Crippen LogP contribution is 2.44. The minimum absolute atomic E-state index is 0.0493.